The third-order valence-electron chi connectivity index (χ3n) is 3.34. The predicted molar refractivity (Wildman–Crippen MR) is 87.2 cm³/mol. The summed E-state index contributed by atoms with van der Waals surface area (Å²) in [5, 5.41) is 10.6. The first-order valence-corrected chi connectivity index (χ1v) is 7.46. The van der Waals surface area contributed by atoms with Crippen LogP contribution in [0.4, 0.5) is 13.2 Å². The molecule has 3 rings (SSSR count). The Morgan fingerprint density at radius 2 is 1.46 bits per heavy atom. The third-order valence-corrected chi connectivity index (χ3v) is 3.90. The average molecular weight is 373 g/mol. The van der Waals surface area contributed by atoms with Crippen molar-refractivity contribution in [2.75, 3.05) is 0 Å². The SMILES string of the molecule is Oc1ccc2ccc(Oc3c(Cl)cc(C(F)(F)F)cc3Cl)cc2c1. The van der Waals surface area contributed by atoms with E-state index in [1.165, 1.54) is 6.07 Å². The van der Waals surface area contributed by atoms with E-state index in [0.717, 1.165) is 17.5 Å². The van der Waals surface area contributed by atoms with Crippen LogP contribution in [0, 0.1) is 0 Å². The molecule has 24 heavy (non-hydrogen) atoms. The highest BCUT2D eigenvalue weighted by molar-refractivity contribution is 6.37. The Morgan fingerprint density at radius 3 is 2.08 bits per heavy atom. The molecular weight excluding hydrogens is 364 g/mol. The molecule has 0 fully saturated rings. The summed E-state index contributed by atoms with van der Waals surface area (Å²) >= 11 is 11.8. The van der Waals surface area contributed by atoms with Crippen molar-refractivity contribution in [3.05, 3.63) is 64.1 Å². The van der Waals surface area contributed by atoms with Gasteiger partial charge < -0.3 is 9.84 Å². The van der Waals surface area contributed by atoms with Gasteiger partial charge in [-0.1, -0.05) is 35.3 Å². The van der Waals surface area contributed by atoms with Crippen LogP contribution in [-0.4, -0.2) is 5.11 Å². The monoisotopic (exact) mass is 372 g/mol. The van der Waals surface area contributed by atoms with E-state index in [9.17, 15) is 18.3 Å². The van der Waals surface area contributed by atoms with Gasteiger partial charge in [0.2, 0.25) is 0 Å². The van der Waals surface area contributed by atoms with Crippen molar-refractivity contribution in [3.8, 4) is 17.2 Å². The fraction of sp³-hybridized carbons (Fsp3) is 0.0588. The van der Waals surface area contributed by atoms with Gasteiger partial charge in [-0.25, -0.2) is 0 Å². The van der Waals surface area contributed by atoms with E-state index in [4.69, 9.17) is 27.9 Å². The molecule has 0 saturated carbocycles. The summed E-state index contributed by atoms with van der Waals surface area (Å²) < 4.78 is 43.8. The number of aromatic hydroxyl groups is 1. The Balaban J connectivity index is 1.99. The molecule has 2 nitrogen and oxygen atoms in total. The van der Waals surface area contributed by atoms with Gasteiger partial charge in [0, 0.05) is 0 Å². The molecule has 0 amide bonds. The number of phenols is 1. The van der Waals surface area contributed by atoms with Crippen LogP contribution in [0.3, 0.4) is 0 Å². The quantitative estimate of drug-likeness (QED) is 0.544. The summed E-state index contributed by atoms with van der Waals surface area (Å²) in [5.74, 6) is 0.354. The first-order valence-electron chi connectivity index (χ1n) is 6.71. The van der Waals surface area contributed by atoms with Crippen LogP contribution >= 0.6 is 23.2 Å². The van der Waals surface area contributed by atoms with Crippen molar-refractivity contribution >= 4 is 34.0 Å². The molecule has 124 valence electrons. The summed E-state index contributed by atoms with van der Waals surface area (Å²) in [6.45, 7) is 0. The van der Waals surface area contributed by atoms with Crippen LogP contribution in [0.5, 0.6) is 17.2 Å². The van der Waals surface area contributed by atoms with Crippen LogP contribution in [0.25, 0.3) is 10.8 Å². The van der Waals surface area contributed by atoms with Crippen LogP contribution < -0.4 is 4.74 Å². The smallest absolute Gasteiger partial charge is 0.416 e. The van der Waals surface area contributed by atoms with Gasteiger partial charge in [0.25, 0.3) is 0 Å². The molecule has 3 aromatic carbocycles. The highest BCUT2D eigenvalue weighted by atomic mass is 35.5. The molecule has 0 spiro atoms. The van der Waals surface area contributed by atoms with Gasteiger partial charge in [0.15, 0.2) is 5.75 Å². The van der Waals surface area contributed by atoms with Gasteiger partial charge in [0.1, 0.15) is 11.5 Å². The average Bonchev–Trinajstić information content (AvgIpc) is 2.49. The highest BCUT2D eigenvalue weighted by Crippen LogP contribution is 2.42. The fourth-order valence-electron chi connectivity index (χ4n) is 2.21. The number of rotatable bonds is 2. The molecule has 3 aromatic rings. The molecule has 0 aliphatic heterocycles. The van der Waals surface area contributed by atoms with Crippen LogP contribution in [0.15, 0.2) is 48.5 Å². The lowest BCUT2D eigenvalue weighted by Gasteiger charge is -2.13. The largest absolute Gasteiger partial charge is 0.508 e. The first-order chi connectivity index (χ1) is 11.2. The number of ether oxygens (including phenoxy) is 1. The second-order valence-electron chi connectivity index (χ2n) is 5.06. The van der Waals surface area contributed by atoms with Gasteiger partial charge in [-0.15, -0.1) is 0 Å². The number of benzene rings is 3. The van der Waals surface area contributed by atoms with Crippen molar-refractivity contribution in [1.29, 1.82) is 0 Å². The van der Waals surface area contributed by atoms with Crippen molar-refractivity contribution in [1.82, 2.24) is 0 Å². The number of hydrogen-bond donors (Lipinski definition) is 1. The molecule has 0 atom stereocenters. The second-order valence-corrected chi connectivity index (χ2v) is 5.88. The minimum absolute atomic E-state index is 0.0640. The number of phenolic OH excluding ortho intramolecular Hbond substituents is 1. The highest BCUT2D eigenvalue weighted by Gasteiger charge is 2.32. The van der Waals surface area contributed by atoms with E-state index < -0.39 is 11.7 Å². The van der Waals surface area contributed by atoms with Crippen LogP contribution in [-0.2, 0) is 6.18 Å². The number of hydrogen-bond acceptors (Lipinski definition) is 2. The van der Waals surface area contributed by atoms with Crippen LogP contribution in [0.2, 0.25) is 10.0 Å². The van der Waals surface area contributed by atoms with Crippen LogP contribution in [0.1, 0.15) is 5.56 Å². The maximum atomic E-state index is 12.7. The summed E-state index contributed by atoms with van der Waals surface area (Å²) in [4.78, 5) is 0. The van der Waals surface area contributed by atoms with Gasteiger partial charge in [-0.3, -0.25) is 0 Å². The Hall–Kier alpha value is -2.11. The van der Waals surface area contributed by atoms with E-state index in [1.54, 1.807) is 30.3 Å². The van der Waals surface area contributed by atoms with E-state index in [1.807, 2.05) is 0 Å². The Morgan fingerprint density at radius 1 is 0.833 bits per heavy atom. The lowest BCUT2D eigenvalue weighted by Crippen LogP contribution is -2.05. The van der Waals surface area contributed by atoms with E-state index in [2.05, 4.69) is 0 Å². The van der Waals surface area contributed by atoms with Gasteiger partial charge >= 0.3 is 6.18 Å². The zero-order valence-electron chi connectivity index (χ0n) is 11.9. The topological polar surface area (TPSA) is 29.5 Å². The maximum absolute atomic E-state index is 12.7. The molecule has 7 heteroatoms. The zero-order valence-corrected chi connectivity index (χ0v) is 13.4. The molecule has 0 unspecified atom stereocenters. The minimum atomic E-state index is -4.55. The standard InChI is InChI=1S/C17H9Cl2F3O2/c18-14-7-11(17(20,21)22)8-15(19)16(14)24-13-4-2-9-1-3-12(23)5-10(9)6-13/h1-8,23H. The minimum Gasteiger partial charge on any atom is -0.508 e. The predicted octanol–water partition coefficient (Wildman–Crippen LogP) is 6.66. The van der Waals surface area contributed by atoms with Crippen molar-refractivity contribution in [2.24, 2.45) is 0 Å². The molecule has 0 aliphatic rings. The van der Waals surface area contributed by atoms with Crippen molar-refractivity contribution in [2.45, 2.75) is 6.18 Å². The molecule has 0 aliphatic carbocycles. The number of alkyl halides is 3. The normalized spacial score (nSPS) is 11.7. The summed E-state index contributed by atoms with van der Waals surface area (Å²) in [5.41, 5.74) is -0.951. The lowest BCUT2D eigenvalue weighted by atomic mass is 10.1. The third kappa shape index (κ3) is 3.37. The molecule has 0 radical (unpaired) electrons. The fourth-order valence-corrected chi connectivity index (χ4v) is 2.78. The Kier molecular flexibility index (Phi) is 4.24. The summed E-state index contributed by atoms with van der Waals surface area (Å²) in [6.07, 6.45) is -4.55. The Bertz CT molecular complexity index is 900. The second kappa shape index (κ2) is 6.07. The summed E-state index contributed by atoms with van der Waals surface area (Å²) in [7, 11) is 0. The lowest BCUT2D eigenvalue weighted by molar-refractivity contribution is -0.137. The zero-order chi connectivity index (χ0) is 17.5. The number of halogens is 5. The molecular formula is C17H9Cl2F3O2. The first kappa shape index (κ1) is 16.7. The molecule has 0 saturated heterocycles. The van der Waals surface area contributed by atoms with Gasteiger partial charge in [0.05, 0.1) is 15.6 Å². The van der Waals surface area contributed by atoms with Gasteiger partial charge in [-0.2, -0.15) is 13.2 Å². The van der Waals surface area contributed by atoms with E-state index >= 15 is 0 Å². The summed E-state index contributed by atoms with van der Waals surface area (Å²) in [6, 6.07) is 11.3. The van der Waals surface area contributed by atoms with Crippen molar-refractivity contribution in [3.63, 3.8) is 0 Å². The van der Waals surface area contributed by atoms with Crippen molar-refractivity contribution < 1.29 is 23.0 Å². The van der Waals surface area contributed by atoms with E-state index in [-0.39, 0.29) is 21.5 Å². The molecule has 0 bridgehead atoms. The van der Waals surface area contributed by atoms with E-state index in [0.29, 0.717) is 11.1 Å². The maximum Gasteiger partial charge on any atom is 0.416 e. The molecule has 0 aromatic heterocycles. The number of fused-ring (bicyclic) bond motifs is 1. The Labute approximate surface area is 145 Å². The van der Waals surface area contributed by atoms with Gasteiger partial charge in [-0.05, 0) is 47.2 Å². The molecule has 1 N–H and O–H groups in total. The molecule has 0 heterocycles.